The van der Waals surface area contributed by atoms with Crippen LogP contribution in [0.5, 0.6) is 0 Å². The second-order valence-electron chi connectivity index (χ2n) is 2.15. The van der Waals surface area contributed by atoms with Gasteiger partial charge in [0.05, 0.1) is 12.7 Å². The van der Waals surface area contributed by atoms with E-state index in [2.05, 4.69) is 0 Å². The van der Waals surface area contributed by atoms with Gasteiger partial charge in [0.1, 0.15) is 6.10 Å². The van der Waals surface area contributed by atoms with Crippen molar-refractivity contribution >= 4 is 0 Å². The fourth-order valence-corrected chi connectivity index (χ4v) is 1.07. The Labute approximate surface area is 54.6 Å². The first-order valence-electron chi connectivity index (χ1n) is 3.13. The number of rotatable bonds is 2. The van der Waals surface area contributed by atoms with Gasteiger partial charge in [-0.15, -0.1) is 0 Å². The molecule has 0 amide bonds. The Balaban J connectivity index is 2.32. The summed E-state index contributed by atoms with van der Waals surface area (Å²) in [5, 5.41) is 8.66. The maximum atomic E-state index is 8.66. The SMILES string of the molecule is COC1CCO[C@@H]1CO. The van der Waals surface area contributed by atoms with Gasteiger partial charge in [-0.2, -0.15) is 0 Å². The molecule has 1 aliphatic rings. The third kappa shape index (κ3) is 1.41. The van der Waals surface area contributed by atoms with Crippen molar-refractivity contribution in [3.8, 4) is 0 Å². The Morgan fingerprint density at radius 2 is 2.56 bits per heavy atom. The van der Waals surface area contributed by atoms with Crippen molar-refractivity contribution in [2.45, 2.75) is 18.6 Å². The Kier molecular flexibility index (Phi) is 2.45. The first kappa shape index (κ1) is 6.99. The Morgan fingerprint density at radius 1 is 1.78 bits per heavy atom. The topological polar surface area (TPSA) is 38.7 Å². The lowest BCUT2D eigenvalue weighted by molar-refractivity contribution is -0.0146. The largest absolute Gasteiger partial charge is 0.394 e. The number of aliphatic hydroxyl groups is 1. The highest BCUT2D eigenvalue weighted by molar-refractivity contribution is 4.75. The number of hydrogen-bond acceptors (Lipinski definition) is 3. The number of ether oxygens (including phenoxy) is 2. The van der Waals surface area contributed by atoms with E-state index in [1.165, 1.54) is 0 Å². The van der Waals surface area contributed by atoms with Crippen LogP contribution in [-0.4, -0.2) is 37.6 Å². The van der Waals surface area contributed by atoms with Gasteiger partial charge in [0.15, 0.2) is 0 Å². The highest BCUT2D eigenvalue weighted by atomic mass is 16.6. The van der Waals surface area contributed by atoms with Crippen LogP contribution < -0.4 is 0 Å². The van der Waals surface area contributed by atoms with Crippen molar-refractivity contribution in [2.24, 2.45) is 0 Å². The highest BCUT2D eigenvalue weighted by Gasteiger charge is 2.26. The summed E-state index contributed by atoms with van der Waals surface area (Å²) in [4.78, 5) is 0. The summed E-state index contributed by atoms with van der Waals surface area (Å²) in [5.74, 6) is 0. The van der Waals surface area contributed by atoms with E-state index in [1.54, 1.807) is 7.11 Å². The first-order valence-corrected chi connectivity index (χ1v) is 3.13. The fraction of sp³-hybridized carbons (Fsp3) is 1.00. The minimum Gasteiger partial charge on any atom is -0.394 e. The van der Waals surface area contributed by atoms with Gasteiger partial charge in [-0.25, -0.2) is 0 Å². The van der Waals surface area contributed by atoms with E-state index in [4.69, 9.17) is 14.6 Å². The minimum absolute atomic E-state index is 0.0680. The van der Waals surface area contributed by atoms with Gasteiger partial charge < -0.3 is 14.6 Å². The quantitative estimate of drug-likeness (QED) is 0.564. The molecule has 1 fully saturated rings. The standard InChI is InChI=1S/C6H12O3/c1-8-5-2-3-9-6(5)4-7/h5-7H,2-4H2,1H3/t5?,6-/m1/s1. The summed E-state index contributed by atoms with van der Waals surface area (Å²) in [6.07, 6.45) is 0.923. The molecule has 0 saturated carbocycles. The van der Waals surface area contributed by atoms with Crippen molar-refractivity contribution < 1.29 is 14.6 Å². The van der Waals surface area contributed by atoms with Gasteiger partial charge in [-0.3, -0.25) is 0 Å². The van der Waals surface area contributed by atoms with Crippen LogP contribution in [0.1, 0.15) is 6.42 Å². The molecule has 1 aliphatic heterocycles. The third-order valence-electron chi connectivity index (χ3n) is 1.63. The van der Waals surface area contributed by atoms with Crippen LogP contribution in [0.2, 0.25) is 0 Å². The molecule has 3 heteroatoms. The van der Waals surface area contributed by atoms with Gasteiger partial charge in [0.2, 0.25) is 0 Å². The van der Waals surface area contributed by atoms with Gasteiger partial charge in [0, 0.05) is 13.7 Å². The van der Waals surface area contributed by atoms with Gasteiger partial charge in [-0.1, -0.05) is 0 Å². The van der Waals surface area contributed by atoms with Gasteiger partial charge in [-0.05, 0) is 6.42 Å². The minimum atomic E-state index is -0.0880. The van der Waals surface area contributed by atoms with E-state index in [9.17, 15) is 0 Å². The van der Waals surface area contributed by atoms with Crippen molar-refractivity contribution in [2.75, 3.05) is 20.3 Å². The van der Waals surface area contributed by atoms with E-state index in [-0.39, 0.29) is 18.8 Å². The molecule has 0 aromatic carbocycles. The van der Waals surface area contributed by atoms with Crippen LogP contribution in [0.25, 0.3) is 0 Å². The maximum Gasteiger partial charge on any atom is 0.107 e. The molecule has 1 rings (SSSR count). The lowest BCUT2D eigenvalue weighted by Crippen LogP contribution is -2.26. The van der Waals surface area contributed by atoms with Crippen LogP contribution >= 0.6 is 0 Å². The zero-order valence-electron chi connectivity index (χ0n) is 5.54. The zero-order chi connectivity index (χ0) is 6.69. The molecule has 9 heavy (non-hydrogen) atoms. The van der Waals surface area contributed by atoms with E-state index in [0.717, 1.165) is 6.42 Å². The monoisotopic (exact) mass is 132 g/mol. The molecule has 2 atom stereocenters. The highest BCUT2D eigenvalue weighted by Crippen LogP contribution is 2.14. The lowest BCUT2D eigenvalue weighted by atomic mass is 10.2. The molecule has 1 N–H and O–H groups in total. The predicted molar refractivity (Wildman–Crippen MR) is 32.2 cm³/mol. The van der Waals surface area contributed by atoms with Crippen molar-refractivity contribution in [3.63, 3.8) is 0 Å². The lowest BCUT2D eigenvalue weighted by Gasteiger charge is -2.12. The molecular formula is C6H12O3. The molecule has 1 saturated heterocycles. The molecular weight excluding hydrogens is 120 g/mol. The molecule has 0 aromatic rings. The number of aliphatic hydroxyl groups excluding tert-OH is 1. The average Bonchev–Trinajstić information content (AvgIpc) is 2.33. The van der Waals surface area contributed by atoms with Crippen LogP contribution in [-0.2, 0) is 9.47 Å². The number of methoxy groups -OCH3 is 1. The zero-order valence-corrected chi connectivity index (χ0v) is 5.54. The molecule has 0 bridgehead atoms. The van der Waals surface area contributed by atoms with Gasteiger partial charge >= 0.3 is 0 Å². The van der Waals surface area contributed by atoms with Crippen LogP contribution in [0.15, 0.2) is 0 Å². The van der Waals surface area contributed by atoms with E-state index < -0.39 is 0 Å². The van der Waals surface area contributed by atoms with E-state index in [1.807, 2.05) is 0 Å². The first-order chi connectivity index (χ1) is 4.38. The van der Waals surface area contributed by atoms with Crippen molar-refractivity contribution in [1.82, 2.24) is 0 Å². The molecule has 0 aliphatic carbocycles. The fourth-order valence-electron chi connectivity index (χ4n) is 1.07. The van der Waals surface area contributed by atoms with Crippen molar-refractivity contribution in [3.05, 3.63) is 0 Å². The Morgan fingerprint density at radius 3 is 3.00 bits per heavy atom. The molecule has 3 nitrogen and oxygen atoms in total. The molecule has 0 radical (unpaired) electrons. The molecule has 54 valence electrons. The van der Waals surface area contributed by atoms with Gasteiger partial charge in [0.25, 0.3) is 0 Å². The molecule has 1 unspecified atom stereocenters. The van der Waals surface area contributed by atoms with Crippen molar-refractivity contribution in [1.29, 1.82) is 0 Å². The summed E-state index contributed by atoms with van der Waals surface area (Å²) >= 11 is 0. The van der Waals surface area contributed by atoms with Crippen LogP contribution in [0, 0.1) is 0 Å². The molecule has 0 spiro atoms. The summed E-state index contributed by atoms with van der Waals surface area (Å²) in [5.41, 5.74) is 0. The molecule has 0 aromatic heterocycles. The summed E-state index contributed by atoms with van der Waals surface area (Å²) in [6.45, 7) is 0.780. The van der Waals surface area contributed by atoms with Crippen LogP contribution in [0.4, 0.5) is 0 Å². The predicted octanol–water partition coefficient (Wildman–Crippen LogP) is -0.217. The smallest absolute Gasteiger partial charge is 0.107 e. The summed E-state index contributed by atoms with van der Waals surface area (Å²) in [6, 6.07) is 0. The summed E-state index contributed by atoms with van der Waals surface area (Å²) in [7, 11) is 1.64. The normalized spacial score (nSPS) is 35.3. The summed E-state index contributed by atoms with van der Waals surface area (Å²) < 4.78 is 10.2. The second-order valence-corrected chi connectivity index (χ2v) is 2.15. The van der Waals surface area contributed by atoms with E-state index in [0.29, 0.717) is 6.61 Å². The Hall–Kier alpha value is -0.120. The maximum absolute atomic E-state index is 8.66. The molecule has 1 heterocycles. The van der Waals surface area contributed by atoms with E-state index >= 15 is 0 Å². The third-order valence-corrected chi connectivity index (χ3v) is 1.63. The average molecular weight is 132 g/mol. The number of hydrogen-bond donors (Lipinski definition) is 1. The van der Waals surface area contributed by atoms with Crippen LogP contribution in [0.3, 0.4) is 0 Å². The second kappa shape index (κ2) is 3.15. The Bertz CT molecular complexity index is 74.4.